The van der Waals surface area contributed by atoms with E-state index in [2.05, 4.69) is 53.6 Å². The highest BCUT2D eigenvalue weighted by Gasteiger charge is 2.30. The summed E-state index contributed by atoms with van der Waals surface area (Å²) in [5.41, 5.74) is 14.0. The van der Waals surface area contributed by atoms with Crippen LogP contribution in [-0.4, -0.2) is 96.4 Å². The van der Waals surface area contributed by atoms with Gasteiger partial charge in [-0.05, 0) is 68.5 Å². The standard InChI is InChI=1S/C41H49ClN9O3PS.ClH/c1-27-39(56-26-45-27)29-11-9-28(10-12-29)33(43)24-38(52)51-21-19-50(20-22-51)30-15-17-49(18-16-30)31-13-14-34(36(23-31)54-2)47-41-44-25-32(42)40(48-41)46-35-7-5-6-8-37(35)55(3,4)53;/h5-14,23,25-26,30,33H,15-22,24,43H2,1-4H3,(H2,44,46,47,48);1H/t33-;/m0./s1. The van der Waals surface area contributed by atoms with Crippen molar-refractivity contribution in [3.05, 3.63) is 94.7 Å². The summed E-state index contributed by atoms with van der Waals surface area (Å²) in [6.45, 7) is 10.5. The molecule has 5 aromatic rings. The van der Waals surface area contributed by atoms with Crippen LogP contribution in [0, 0.1) is 6.92 Å². The monoisotopic (exact) mass is 849 g/mol. The smallest absolute Gasteiger partial charge is 0.229 e. The van der Waals surface area contributed by atoms with Gasteiger partial charge in [0.2, 0.25) is 11.9 Å². The third kappa shape index (κ3) is 10.1. The van der Waals surface area contributed by atoms with Crippen LogP contribution in [0.2, 0.25) is 5.02 Å². The van der Waals surface area contributed by atoms with Gasteiger partial charge in [-0.1, -0.05) is 48.0 Å². The molecule has 302 valence electrons. The van der Waals surface area contributed by atoms with E-state index < -0.39 is 7.14 Å². The number of nitrogens with two attached hydrogens (primary N) is 1. The van der Waals surface area contributed by atoms with Gasteiger partial charge in [0, 0.05) is 74.8 Å². The molecular weight excluding hydrogens is 800 g/mol. The number of carbonyl (C=O) groups excluding carboxylic acids is 1. The van der Waals surface area contributed by atoms with E-state index in [0.29, 0.717) is 40.7 Å². The van der Waals surface area contributed by atoms with E-state index in [0.717, 1.165) is 90.5 Å². The number of hydrogen-bond donors (Lipinski definition) is 3. The number of benzene rings is 3. The molecule has 12 nitrogen and oxygen atoms in total. The first kappa shape index (κ1) is 42.4. The van der Waals surface area contributed by atoms with Crippen molar-refractivity contribution in [2.24, 2.45) is 5.73 Å². The summed E-state index contributed by atoms with van der Waals surface area (Å²) in [5.74, 6) is 1.54. The lowest BCUT2D eigenvalue weighted by Crippen LogP contribution is -2.54. The lowest BCUT2D eigenvalue weighted by molar-refractivity contribution is -0.133. The SMILES string of the molecule is COc1cc(N2CCC(N3CCN(C(=O)C[C@H](N)c4ccc(-c5scnc5C)cc4)CC3)CC2)ccc1Nc1ncc(Cl)c(Nc2ccccc2P(C)(C)=O)n1.Cl. The van der Waals surface area contributed by atoms with Gasteiger partial charge < -0.3 is 35.5 Å². The summed E-state index contributed by atoms with van der Waals surface area (Å²) in [6, 6.07) is 21.9. The highest BCUT2D eigenvalue weighted by molar-refractivity contribution is 7.70. The number of hydrogen-bond acceptors (Lipinski definition) is 12. The zero-order valence-electron chi connectivity index (χ0n) is 32.7. The molecule has 16 heteroatoms. The number of nitrogens with one attached hydrogen (secondary N) is 2. The topological polar surface area (TPSA) is 142 Å². The maximum atomic E-state index is 13.3. The molecule has 4 heterocycles. The molecule has 2 aliphatic rings. The van der Waals surface area contributed by atoms with Gasteiger partial charge in [-0.25, -0.2) is 9.97 Å². The number of nitrogens with zero attached hydrogens (tertiary/aromatic N) is 6. The minimum Gasteiger partial charge on any atom is -0.494 e. The summed E-state index contributed by atoms with van der Waals surface area (Å²) < 4.78 is 18.7. The number of piperazine rings is 1. The minimum atomic E-state index is -2.54. The lowest BCUT2D eigenvalue weighted by atomic mass is 10.0. The second kappa shape index (κ2) is 18.6. The molecule has 2 aliphatic heterocycles. The van der Waals surface area contributed by atoms with Gasteiger partial charge in [0.15, 0.2) is 5.82 Å². The van der Waals surface area contributed by atoms with E-state index in [1.807, 2.05) is 65.9 Å². The summed E-state index contributed by atoms with van der Waals surface area (Å²) in [6.07, 6.45) is 3.92. The number of piperidine rings is 1. The summed E-state index contributed by atoms with van der Waals surface area (Å²) >= 11 is 8.10. The van der Waals surface area contributed by atoms with Crippen LogP contribution in [0.5, 0.6) is 5.75 Å². The number of rotatable bonds is 12. The molecule has 57 heavy (non-hydrogen) atoms. The molecule has 3 aromatic carbocycles. The molecule has 4 N–H and O–H groups in total. The van der Waals surface area contributed by atoms with Crippen LogP contribution in [0.25, 0.3) is 10.4 Å². The fourth-order valence-corrected chi connectivity index (χ4v) is 9.62. The first-order chi connectivity index (χ1) is 27.0. The predicted octanol–water partition coefficient (Wildman–Crippen LogP) is 7.93. The number of carbonyl (C=O) groups is 1. The molecular formula is C41H50Cl2N9O3PS. The molecule has 0 radical (unpaired) electrons. The number of para-hydroxylation sites is 1. The van der Waals surface area contributed by atoms with Gasteiger partial charge in [-0.15, -0.1) is 23.7 Å². The van der Waals surface area contributed by atoms with Crippen LogP contribution in [0.3, 0.4) is 0 Å². The molecule has 0 aliphatic carbocycles. The second-order valence-corrected chi connectivity index (χ2v) is 19.2. The average molecular weight is 851 g/mol. The number of amides is 1. The van der Waals surface area contributed by atoms with Crippen LogP contribution in [0.1, 0.15) is 36.6 Å². The molecule has 2 fully saturated rings. The Hall–Kier alpha value is -4.23. The van der Waals surface area contributed by atoms with Crippen molar-refractivity contribution in [3.63, 3.8) is 0 Å². The summed E-state index contributed by atoms with van der Waals surface area (Å²) in [5, 5.41) is 7.59. The van der Waals surface area contributed by atoms with E-state index in [9.17, 15) is 9.36 Å². The van der Waals surface area contributed by atoms with Crippen molar-refractivity contribution in [2.75, 3.05) is 75.2 Å². The molecule has 1 amide bonds. The normalized spacial score (nSPS) is 15.8. The van der Waals surface area contributed by atoms with Crippen LogP contribution in [-0.2, 0) is 9.36 Å². The zero-order valence-corrected chi connectivity index (χ0v) is 35.9. The Morgan fingerprint density at radius 3 is 2.37 bits per heavy atom. The van der Waals surface area contributed by atoms with E-state index >= 15 is 0 Å². The van der Waals surface area contributed by atoms with Gasteiger partial charge in [0.1, 0.15) is 17.9 Å². The van der Waals surface area contributed by atoms with Gasteiger partial charge in [-0.3, -0.25) is 9.69 Å². The van der Waals surface area contributed by atoms with Crippen LogP contribution in [0.15, 0.2) is 78.4 Å². The Balaban J connectivity index is 0.00000549. The Kier molecular flexibility index (Phi) is 13.8. The molecule has 7 rings (SSSR count). The maximum Gasteiger partial charge on any atom is 0.229 e. The average Bonchev–Trinajstić information content (AvgIpc) is 3.64. The number of halogens is 2. The largest absolute Gasteiger partial charge is 0.494 e. The van der Waals surface area contributed by atoms with Crippen LogP contribution < -0.4 is 31.3 Å². The maximum absolute atomic E-state index is 13.3. The van der Waals surface area contributed by atoms with Crippen molar-refractivity contribution in [1.29, 1.82) is 0 Å². The van der Waals surface area contributed by atoms with E-state index in [1.54, 1.807) is 31.8 Å². The summed E-state index contributed by atoms with van der Waals surface area (Å²) in [7, 11) is -0.893. The second-order valence-electron chi connectivity index (χ2n) is 14.7. The first-order valence-electron chi connectivity index (χ1n) is 18.9. The van der Waals surface area contributed by atoms with Crippen molar-refractivity contribution < 1.29 is 14.1 Å². The quantitative estimate of drug-likeness (QED) is 0.105. The molecule has 2 aromatic heterocycles. The van der Waals surface area contributed by atoms with E-state index in [4.69, 9.17) is 22.1 Å². The fourth-order valence-electron chi connectivity index (χ4n) is 7.51. The van der Waals surface area contributed by atoms with Crippen molar-refractivity contribution in [2.45, 2.75) is 38.3 Å². The minimum absolute atomic E-state index is 0. The van der Waals surface area contributed by atoms with Crippen molar-refractivity contribution in [3.8, 4) is 16.2 Å². The number of methoxy groups -OCH3 is 1. The Morgan fingerprint density at radius 1 is 0.982 bits per heavy atom. The third-order valence-electron chi connectivity index (χ3n) is 10.7. The van der Waals surface area contributed by atoms with Gasteiger partial charge in [-0.2, -0.15) is 4.98 Å². The number of aromatic nitrogens is 3. The Labute approximate surface area is 350 Å². The molecule has 0 spiro atoms. The predicted molar refractivity (Wildman–Crippen MR) is 237 cm³/mol. The molecule has 0 unspecified atom stereocenters. The first-order valence-corrected chi connectivity index (χ1v) is 22.7. The van der Waals surface area contributed by atoms with Crippen molar-refractivity contribution in [1.82, 2.24) is 24.8 Å². The van der Waals surface area contributed by atoms with E-state index in [-0.39, 0.29) is 24.4 Å². The van der Waals surface area contributed by atoms with Crippen LogP contribution >= 0.6 is 42.5 Å². The van der Waals surface area contributed by atoms with Gasteiger partial charge in [0.05, 0.1) is 40.8 Å². The van der Waals surface area contributed by atoms with Gasteiger partial charge in [0.25, 0.3) is 0 Å². The molecule has 1 atom stereocenters. The Bertz CT molecular complexity index is 2200. The Morgan fingerprint density at radius 2 is 1.70 bits per heavy atom. The van der Waals surface area contributed by atoms with Crippen molar-refractivity contribution >= 4 is 82.5 Å². The van der Waals surface area contributed by atoms with Gasteiger partial charge >= 0.3 is 0 Å². The summed E-state index contributed by atoms with van der Waals surface area (Å²) in [4.78, 5) is 34.7. The number of ether oxygens (including phenoxy) is 1. The number of thiazole rings is 1. The molecule has 2 saturated heterocycles. The lowest BCUT2D eigenvalue weighted by Gasteiger charge is -2.43. The fraction of sp³-hybridized carbons (Fsp3) is 0.366. The third-order valence-corrected chi connectivity index (χ3v) is 13.5. The molecule has 0 saturated carbocycles. The highest BCUT2D eigenvalue weighted by atomic mass is 35.5. The molecule has 0 bridgehead atoms. The highest BCUT2D eigenvalue weighted by Crippen LogP contribution is 2.39. The van der Waals surface area contributed by atoms with E-state index in [1.165, 1.54) is 6.20 Å². The zero-order chi connectivity index (χ0) is 39.4. The number of anilines is 5. The van der Waals surface area contributed by atoms with Crippen LogP contribution in [0.4, 0.5) is 28.8 Å². The number of aryl methyl sites for hydroxylation is 1.